The van der Waals surface area contributed by atoms with Crippen molar-refractivity contribution in [2.24, 2.45) is 5.92 Å². The number of carbonyl (C=O) groups excluding carboxylic acids is 3. The fraction of sp³-hybridized carbons (Fsp3) is 0.429. The summed E-state index contributed by atoms with van der Waals surface area (Å²) < 4.78 is 7.36. The first kappa shape index (κ1) is 24.0. The molecule has 5 rings (SSSR count). The maximum absolute atomic E-state index is 13.9. The molecule has 1 aliphatic heterocycles. The van der Waals surface area contributed by atoms with Crippen LogP contribution in [0, 0.1) is 5.92 Å². The summed E-state index contributed by atoms with van der Waals surface area (Å²) in [5.74, 6) is -0.965. The van der Waals surface area contributed by atoms with E-state index in [4.69, 9.17) is 4.74 Å². The Labute approximate surface area is 210 Å². The van der Waals surface area contributed by atoms with Gasteiger partial charge < -0.3 is 19.5 Å². The molecule has 1 unspecified atom stereocenters. The molecule has 0 bridgehead atoms. The monoisotopic (exact) mass is 488 g/mol. The lowest BCUT2D eigenvalue weighted by Gasteiger charge is -2.32. The SMILES string of the molecule is CCOC(=O)C1CCCN(C(=O)c2cc(NC(=O)c3ccccc3)cc3ncn(C4CCCC4)c23)C1. The summed E-state index contributed by atoms with van der Waals surface area (Å²) in [4.78, 5) is 45.5. The molecular weight excluding hydrogens is 456 g/mol. The smallest absolute Gasteiger partial charge is 0.310 e. The number of aromatic nitrogens is 2. The van der Waals surface area contributed by atoms with Crippen LogP contribution < -0.4 is 5.32 Å². The van der Waals surface area contributed by atoms with E-state index in [1.54, 1.807) is 30.0 Å². The Morgan fingerprint density at radius 2 is 1.83 bits per heavy atom. The summed E-state index contributed by atoms with van der Waals surface area (Å²) >= 11 is 0. The Morgan fingerprint density at radius 3 is 2.58 bits per heavy atom. The second-order valence-corrected chi connectivity index (χ2v) is 9.64. The minimum atomic E-state index is -0.321. The van der Waals surface area contributed by atoms with Crippen LogP contribution >= 0.6 is 0 Å². The second kappa shape index (κ2) is 10.5. The highest BCUT2D eigenvalue weighted by atomic mass is 16.5. The molecule has 1 N–H and O–H groups in total. The van der Waals surface area contributed by atoms with Gasteiger partial charge in [0.15, 0.2) is 0 Å². The van der Waals surface area contributed by atoms with E-state index >= 15 is 0 Å². The number of esters is 1. The van der Waals surface area contributed by atoms with Crippen molar-refractivity contribution in [3.05, 3.63) is 59.9 Å². The molecule has 1 aliphatic carbocycles. The van der Waals surface area contributed by atoms with Gasteiger partial charge in [0.25, 0.3) is 11.8 Å². The largest absolute Gasteiger partial charge is 0.466 e. The number of imidazole rings is 1. The highest BCUT2D eigenvalue weighted by Gasteiger charge is 2.32. The van der Waals surface area contributed by atoms with Gasteiger partial charge in [-0.2, -0.15) is 0 Å². The molecule has 36 heavy (non-hydrogen) atoms. The molecule has 8 nitrogen and oxygen atoms in total. The molecule has 8 heteroatoms. The normalized spacial score (nSPS) is 18.4. The maximum atomic E-state index is 13.9. The number of rotatable bonds is 6. The number of carbonyl (C=O) groups is 3. The van der Waals surface area contributed by atoms with Crippen LogP contribution in [-0.4, -0.2) is 51.9 Å². The Bertz CT molecular complexity index is 1260. The van der Waals surface area contributed by atoms with Gasteiger partial charge in [-0.1, -0.05) is 31.0 Å². The van der Waals surface area contributed by atoms with Crippen LogP contribution in [0.5, 0.6) is 0 Å². The molecule has 0 radical (unpaired) electrons. The average molecular weight is 489 g/mol. The number of benzene rings is 2. The van der Waals surface area contributed by atoms with Gasteiger partial charge in [0.2, 0.25) is 0 Å². The van der Waals surface area contributed by atoms with Gasteiger partial charge in [0.1, 0.15) is 0 Å². The lowest BCUT2D eigenvalue weighted by Crippen LogP contribution is -2.43. The Hall–Kier alpha value is -3.68. The third kappa shape index (κ3) is 4.85. The molecule has 1 saturated heterocycles. The lowest BCUT2D eigenvalue weighted by atomic mass is 9.97. The number of likely N-dealkylation sites (tertiary alicyclic amines) is 1. The van der Waals surface area contributed by atoms with E-state index < -0.39 is 0 Å². The summed E-state index contributed by atoms with van der Waals surface area (Å²) in [6.45, 7) is 3.03. The summed E-state index contributed by atoms with van der Waals surface area (Å²) in [7, 11) is 0. The predicted octanol–water partition coefficient (Wildman–Crippen LogP) is 4.82. The number of nitrogens with one attached hydrogen (secondary N) is 1. The number of fused-ring (bicyclic) bond motifs is 1. The highest BCUT2D eigenvalue weighted by molar-refractivity contribution is 6.09. The van der Waals surface area contributed by atoms with Gasteiger partial charge in [-0.25, -0.2) is 4.98 Å². The van der Waals surface area contributed by atoms with E-state index in [0.29, 0.717) is 54.5 Å². The van der Waals surface area contributed by atoms with Crippen molar-refractivity contribution >= 4 is 34.5 Å². The van der Waals surface area contributed by atoms with Crippen molar-refractivity contribution in [3.8, 4) is 0 Å². The van der Waals surface area contributed by atoms with Gasteiger partial charge in [0, 0.05) is 30.4 Å². The van der Waals surface area contributed by atoms with Crippen LogP contribution in [0.3, 0.4) is 0 Å². The van der Waals surface area contributed by atoms with Crippen molar-refractivity contribution in [1.82, 2.24) is 14.5 Å². The second-order valence-electron chi connectivity index (χ2n) is 9.64. The molecule has 2 amide bonds. The molecule has 2 aliphatic rings. The van der Waals surface area contributed by atoms with E-state index in [1.807, 2.05) is 30.6 Å². The summed E-state index contributed by atoms with van der Waals surface area (Å²) in [6.07, 6.45) is 7.70. The van der Waals surface area contributed by atoms with Gasteiger partial charge in [-0.15, -0.1) is 0 Å². The fourth-order valence-corrected chi connectivity index (χ4v) is 5.44. The van der Waals surface area contributed by atoms with Crippen LogP contribution in [0.15, 0.2) is 48.8 Å². The summed E-state index contributed by atoms with van der Waals surface area (Å²) in [6, 6.07) is 12.9. The van der Waals surface area contributed by atoms with E-state index in [1.165, 1.54) is 0 Å². The number of piperidine rings is 1. The maximum Gasteiger partial charge on any atom is 0.310 e. The van der Waals surface area contributed by atoms with Crippen LogP contribution in [0.2, 0.25) is 0 Å². The van der Waals surface area contributed by atoms with Crippen LogP contribution in [0.1, 0.15) is 72.2 Å². The molecule has 2 aromatic carbocycles. The van der Waals surface area contributed by atoms with E-state index in [0.717, 1.165) is 37.6 Å². The van der Waals surface area contributed by atoms with Gasteiger partial charge in [-0.3, -0.25) is 14.4 Å². The van der Waals surface area contributed by atoms with Gasteiger partial charge >= 0.3 is 5.97 Å². The first-order chi connectivity index (χ1) is 17.5. The standard InChI is InChI=1S/C28H32N4O4/c1-2-36-28(35)20-11-8-14-31(17-20)27(34)23-15-21(30-26(33)19-9-4-3-5-10-19)16-24-25(23)32(18-29-24)22-12-6-7-13-22/h3-5,9-10,15-16,18,20,22H,2,6-8,11-14,17H2,1H3,(H,30,33). The van der Waals surface area contributed by atoms with Crippen molar-refractivity contribution < 1.29 is 19.1 Å². The minimum Gasteiger partial charge on any atom is -0.466 e. The van der Waals surface area contributed by atoms with Crippen molar-refractivity contribution in [3.63, 3.8) is 0 Å². The number of nitrogens with zero attached hydrogens (tertiary/aromatic N) is 3. The van der Waals surface area contributed by atoms with Crippen LogP contribution in [0.25, 0.3) is 11.0 Å². The summed E-state index contributed by atoms with van der Waals surface area (Å²) in [5, 5.41) is 2.94. The number of hydrogen-bond donors (Lipinski definition) is 1. The van der Waals surface area contributed by atoms with Crippen LogP contribution in [-0.2, 0) is 9.53 Å². The summed E-state index contributed by atoms with van der Waals surface area (Å²) in [5.41, 5.74) is 3.04. The van der Waals surface area contributed by atoms with Crippen molar-refractivity contribution in [2.45, 2.75) is 51.5 Å². The third-order valence-electron chi connectivity index (χ3n) is 7.24. The van der Waals surface area contributed by atoms with E-state index in [9.17, 15) is 14.4 Å². The van der Waals surface area contributed by atoms with E-state index in [2.05, 4.69) is 14.9 Å². The van der Waals surface area contributed by atoms with E-state index in [-0.39, 0.29) is 23.7 Å². The molecule has 2 heterocycles. The number of hydrogen-bond acceptors (Lipinski definition) is 5. The molecule has 188 valence electrons. The van der Waals surface area contributed by atoms with Crippen molar-refractivity contribution in [2.75, 3.05) is 25.0 Å². The number of anilines is 1. The Morgan fingerprint density at radius 1 is 1.06 bits per heavy atom. The average Bonchev–Trinajstić information content (AvgIpc) is 3.59. The Kier molecular flexibility index (Phi) is 7.02. The lowest BCUT2D eigenvalue weighted by molar-refractivity contribution is -0.149. The van der Waals surface area contributed by atoms with Gasteiger partial charge in [0.05, 0.1) is 35.4 Å². The molecule has 3 aromatic rings. The minimum absolute atomic E-state index is 0.149. The molecule has 1 atom stereocenters. The molecule has 1 aromatic heterocycles. The topological polar surface area (TPSA) is 93.5 Å². The van der Waals surface area contributed by atoms with Crippen molar-refractivity contribution in [1.29, 1.82) is 0 Å². The molecule has 2 fully saturated rings. The van der Waals surface area contributed by atoms with Gasteiger partial charge in [-0.05, 0) is 56.9 Å². The Balaban J connectivity index is 1.50. The number of ether oxygens (including phenoxy) is 1. The predicted molar refractivity (Wildman–Crippen MR) is 137 cm³/mol. The highest BCUT2D eigenvalue weighted by Crippen LogP contribution is 2.35. The molecule has 1 saturated carbocycles. The van der Waals surface area contributed by atoms with Crippen LogP contribution in [0.4, 0.5) is 5.69 Å². The first-order valence-corrected chi connectivity index (χ1v) is 12.9. The zero-order valence-electron chi connectivity index (χ0n) is 20.6. The zero-order valence-corrected chi connectivity index (χ0v) is 20.6. The fourth-order valence-electron chi connectivity index (χ4n) is 5.44. The first-order valence-electron chi connectivity index (χ1n) is 12.9. The zero-order chi connectivity index (χ0) is 25.1. The molecule has 0 spiro atoms. The number of amides is 2. The molecular formula is C28H32N4O4. The quantitative estimate of drug-likeness (QED) is 0.502. The third-order valence-corrected chi connectivity index (χ3v) is 7.24.